The first-order valence-electron chi connectivity index (χ1n) is 8.08. The number of benzene rings is 1. The van der Waals surface area contributed by atoms with Crippen molar-refractivity contribution < 1.29 is 14.0 Å². The van der Waals surface area contributed by atoms with Crippen LogP contribution in [-0.4, -0.2) is 29.4 Å². The lowest BCUT2D eigenvalue weighted by molar-refractivity contribution is -0.124. The second-order valence-electron chi connectivity index (χ2n) is 5.94. The molecular weight excluding hydrogens is 306 g/mol. The number of amides is 3. The van der Waals surface area contributed by atoms with Gasteiger partial charge in [0.2, 0.25) is 5.91 Å². The van der Waals surface area contributed by atoms with Gasteiger partial charge < -0.3 is 20.0 Å². The molecule has 1 saturated heterocycles. The van der Waals surface area contributed by atoms with Crippen LogP contribution in [0, 0.1) is 6.92 Å². The summed E-state index contributed by atoms with van der Waals surface area (Å²) in [6.07, 6.45) is 3.06. The van der Waals surface area contributed by atoms with Gasteiger partial charge in [0.05, 0.1) is 12.8 Å². The molecule has 6 nitrogen and oxygen atoms in total. The van der Waals surface area contributed by atoms with Gasteiger partial charge in [0.15, 0.2) is 0 Å². The molecule has 0 aliphatic carbocycles. The average Bonchev–Trinajstić information content (AvgIpc) is 3.26. The van der Waals surface area contributed by atoms with Crippen LogP contribution in [0.5, 0.6) is 0 Å². The largest absolute Gasteiger partial charge is 0.467 e. The Hall–Kier alpha value is -2.76. The number of carbonyl (C=O) groups excluding carboxylic acids is 2. The number of rotatable bonds is 4. The molecule has 2 aromatic rings. The van der Waals surface area contributed by atoms with Crippen LogP contribution < -0.4 is 10.6 Å². The number of urea groups is 1. The van der Waals surface area contributed by atoms with Crippen molar-refractivity contribution in [1.82, 2.24) is 10.2 Å². The van der Waals surface area contributed by atoms with Crippen molar-refractivity contribution >= 4 is 17.6 Å². The maximum Gasteiger partial charge on any atom is 0.322 e. The highest BCUT2D eigenvalue weighted by molar-refractivity contribution is 5.94. The summed E-state index contributed by atoms with van der Waals surface area (Å²) in [4.78, 5) is 26.4. The van der Waals surface area contributed by atoms with Crippen LogP contribution in [-0.2, 0) is 11.3 Å². The van der Waals surface area contributed by atoms with Gasteiger partial charge in [-0.1, -0.05) is 17.7 Å². The van der Waals surface area contributed by atoms with Gasteiger partial charge in [-0.2, -0.15) is 0 Å². The number of likely N-dealkylation sites (tertiary alicyclic amines) is 1. The molecule has 3 rings (SSSR count). The van der Waals surface area contributed by atoms with E-state index in [1.807, 2.05) is 31.2 Å². The molecule has 24 heavy (non-hydrogen) atoms. The maximum absolute atomic E-state index is 12.5. The summed E-state index contributed by atoms with van der Waals surface area (Å²) in [6.45, 7) is 2.90. The zero-order chi connectivity index (χ0) is 16.9. The Labute approximate surface area is 140 Å². The van der Waals surface area contributed by atoms with Gasteiger partial charge in [-0.15, -0.1) is 0 Å². The standard InChI is InChI=1S/C18H21N3O3/c1-13-6-8-14(9-7-13)20-18(23)21-10-2-5-16(21)17(22)19-12-15-4-3-11-24-15/h3-4,6-9,11,16H,2,5,10,12H2,1H3,(H,19,22)(H,20,23)/t16-/m0/s1. The number of nitrogens with zero attached hydrogens (tertiary/aromatic N) is 1. The second kappa shape index (κ2) is 7.21. The van der Waals surface area contributed by atoms with Crippen molar-refractivity contribution in [3.8, 4) is 0 Å². The fourth-order valence-electron chi connectivity index (χ4n) is 2.82. The minimum atomic E-state index is -0.439. The summed E-state index contributed by atoms with van der Waals surface area (Å²) in [6, 6.07) is 10.5. The highest BCUT2D eigenvalue weighted by atomic mass is 16.3. The molecule has 1 aliphatic rings. The van der Waals surface area contributed by atoms with Gasteiger partial charge >= 0.3 is 6.03 Å². The molecule has 1 aromatic heterocycles. The van der Waals surface area contributed by atoms with Gasteiger partial charge in [-0.3, -0.25) is 4.79 Å². The molecule has 1 atom stereocenters. The SMILES string of the molecule is Cc1ccc(NC(=O)N2CCC[C@H]2C(=O)NCc2ccco2)cc1. The monoisotopic (exact) mass is 327 g/mol. The van der Waals surface area contributed by atoms with Crippen molar-refractivity contribution in [2.45, 2.75) is 32.4 Å². The van der Waals surface area contributed by atoms with Crippen molar-refractivity contribution in [2.75, 3.05) is 11.9 Å². The molecule has 0 bridgehead atoms. The summed E-state index contributed by atoms with van der Waals surface area (Å²) in [5.74, 6) is 0.542. The minimum Gasteiger partial charge on any atom is -0.467 e. The van der Waals surface area contributed by atoms with Crippen molar-refractivity contribution in [1.29, 1.82) is 0 Å². The molecule has 3 amide bonds. The lowest BCUT2D eigenvalue weighted by Gasteiger charge is -2.24. The molecule has 0 unspecified atom stereocenters. The Kier molecular flexibility index (Phi) is 4.84. The molecule has 126 valence electrons. The Morgan fingerprint density at radius 2 is 2.04 bits per heavy atom. The molecule has 0 spiro atoms. The highest BCUT2D eigenvalue weighted by Crippen LogP contribution is 2.19. The predicted molar refractivity (Wildman–Crippen MR) is 90.5 cm³/mol. The van der Waals surface area contributed by atoms with E-state index in [0.717, 1.165) is 17.7 Å². The molecule has 0 saturated carbocycles. The smallest absolute Gasteiger partial charge is 0.322 e. The van der Waals surface area contributed by atoms with E-state index in [1.54, 1.807) is 23.3 Å². The normalized spacial score (nSPS) is 16.9. The summed E-state index contributed by atoms with van der Waals surface area (Å²) in [5, 5.41) is 5.68. The third-order valence-electron chi connectivity index (χ3n) is 4.14. The summed E-state index contributed by atoms with van der Waals surface area (Å²) >= 11 is 0. The summed E-state index contributed by atoms with van der Waals surface area (Å²) in [5.41, 5.74) is 1.86. The second-order valence-corrected chi connectivity index (χ2v) is 5.94. The number of nitrogens with one attached hydrogen (secondary N) is 2. The fourth-order valence-corrected chi connectivity index (χ4v) is 2.82. The first-order chi connectivity index (χ1) is 11.6. The first kappa shape index (κ1) is 16.1. The number of furan rings is 1. The third kappa shape index (κ3) is 3.76. The summed E-state index contributed by atoms with van der Waals surface area (Å²) < 4.78 is 5.20. The Morgan fingerprint density at radius 1 is 1.25 bits per heavy atom. The molecule has 1 fully saturated rings. The Balaban J connectivity index is 1.58. The van der Waals surface area contributed by atoms with Crippen LogP contribution in [0.3, 0.4) is 0 Å². The molecule has 2 N–H and O–H groups in total. The Bertz CT molecular complexity index is 695. The van der Waals surface area contributed by atoms with Gasteiger partial charge in [-0.05, 0) is 44.0 Å². The number of aryl methyl sites for hydroxylation is 1. The quantitative estimate of drug-likeness (QED) is 0.907. The van der Waals surface area contributed by atoms with Crippen LogP contribution in [0.25, 0.3) is 0 Å². The average molecular weight is 327 g/mol. The summed E-state index contributed by atoms with van der Waals surface area (Å²) in [7, 11) is 0. The van der Waals surface area contributed by atoms with Crippen LogP contribution in [0.1, 0.15) is 24.2 Å². The van der Waals surface area contributed by atoms with E-state index < -0.39 is 6.04 Å². The third-order valence-corrected chi connectivity index (χ3v) is 4.14. The van der Waals surface area contributed by atoms with Crippen molar-refractivity contribution in [3.05, 3.63) is 54.0 Å². The minimum absolute atomic E-state index is 0.150. The van der Waals surface area contributed by atoms with Crippen LogP contribution in [0.2, 0.25) is 0 Å². The van der Waals surface area contributed by atoms with Gasteiger partial charge in [0, 0.05) is 12.2 Å². The number of hydrogen-bond donors (Lipinski definition) is 2. The van der Waals surface area contributed by atoms with Crippen LogP contribution in [0.15, 0.2) is 47.1 Å². The van der Waals surface area contributed by atoms with E-state index in [4.69, 9.17) is 4.42 Å². The van der Waals surface area contributed by atoms with E-state index in [1.165, 1.54) is 0 Å². The number of carbonyl (C=O) groups is 2. The van der Waals surface area contributed by atoms with E-state index in [9.17, 15) is 9.59 Å². The molecule has 6 heteroatoms. The van der Waals surface area contributed by atoms with E-state index in [0.29, 0.717) is 25.3 Å². The lowest BCUT2D eigenvalue weighted by atomic mass is 10.2. The van der Waals surface area contributed by atoms with Gasteiger partial charge in [0.25, 0.3) is 0 Å². The molecule has 1 aliphatic heterocycles. The van der Waals surface area contributed by atoms with Crippen molar-refractivity contribution in [2.24, 2.45) is 0 Å². The predicted octanol–water partition coefficient (Wildman–Crippen LogP) is 2.90. The van der Waals surface area contributed by atoms with Crippen LogP contribution >= 0.6 is 0 Å². The molecule has 1 aromatic carbocycles. The van der Waals surface area contributed by atoms with Crippen molar-refractivity contribution in [3.63, 3.8) is 0 Å². The molecule has 2 heterocycles. The maximum atomic E-state index is 12.5. The molecular formula is C18H21N3O3. The lowest BCUT2D eigenvalue weighted by Crippen LogP contribution is -2.47. The molecule has 0 radical (unpaired) electrons. The zero-order valence-electron chi connectivity index (χ0n) is 13.6. The fraction of sp³-hybridized carbons (Fsp3) is 0.333. The van der Waals surface area contributed by atoms with E-state index >= 15 is 0 Å². The van der Waals surface area contributed by atoms with Gasteiger partial charge in [-0.25, -0.2) is 4.79 Å². The van der Waals surface area contributed by atoms with Crippen LogP contribution in [0.4, 0.5) is 10.5 Å². The van der Waals surface area contributed by atoms with Gasteiger partial charge in [0.1, 0.15) is 11.8 Å². The van der Waals surface area contributed by atoms with E-state index in [2.05, 4.69) is 10.6 Å². The Morgan fingerprint density at radius 3 is 2.75 bits per heavy atom. The number of anilines is 1. The zero-order valence-corrected chi connectivity index (χ0v) is 13.6. The first-order valence-corrected chi connectivity index (χ1v) is 8.08. The number of hydrogen-bond acceptors (Lipinski definition) is 3. The highest BCUT2D eigenvalue weighted by Gasteiger charge is 2.34. The topological polar surface area (TPSA) is 74.6 Å². The van der Waals surface area contributed by atoms with E-state index in [-0.39, 0.29) is 11.9 Å².